The number of benzene rings is 4. The van der Waals surface area contributed by atoms with E-state index < -0.39 is 94.8 Å². The molecule has 0 bridgehead atoms. The van der Waals surface area contributed by atoms with Crippen LogP contribution in [-0.4, -0.2) is 124 Å². The highest BCUT2D eigenvalue weighted by molar-refractivity contribution is 6.32. The van der Waals surface area contributed by atoms with E-state index in [0.29, 0.717) is 39.2 Å². The van der Waals surface area contributed by atoms with Gasteiger partial charge in [0.15, 0.2) is 12.2 Å². The Labute approximate surface area is 594 Å². The zero-order chi connectivity index (χ0) is 73.2. The van der Waals surface area contributed by atoms with Gasteiger partial charge >= 0.3 is 23.9 Å². The predicted octanol–water partition coefficient (Wildman–Crippen LogP) is 10.5. The highest BCUT2D eigenvalue weighted by Crippen LogP contribution is 2.47. The van der Waals surface area contributed by atoms with Gasteiger partial charge in [-0.05, 0) is 128 Å². The molecule has 0 unspecified atom stereocenters. The number of nitrogens with two attached hydrogens (primary N) is 1. The molecule has 4 aromatic rings. The van der Waals surface area contributed by atoms with Gasteiger partial charge < -0.3 is 64.9 Å². The van der Waals surface area contributed by atoms with Crippen LogP contribution in [0.15, 0.2) is 114 Å². The maximum Gasteiger partial charge on any atom is 0.347 e. The molecule has 0 spiro atoms. The fourth-order valence-electron chi connectivity index (χ4n) is 11.4. The number of nitrogens with one attached hydrogen (secondary N) is 4. The Kier molecular flexibility index (Phi) is 28.5. The van der Waals surface area contributed by atoms with E-state index in [4.69, 9.17) is 72.4 Å². The van der Waals surface area contributed by atoms with Gasteiger partial charge in [-0.15, -0.1) is 0 Å². The molecule has 6 N–H and O–H groups in total. The lowest BCUT2D eigenvalue weighted by Gasteiger charge is -2.29. The summed E-state index contributed by atoms with van der Waals surface area (Å²) in [5.41, 5.74) is 17.1. The summed E-state index contributed by atoms with van der Waals surface area (Å²) in [6.45, 7) is 18.4. The monoisotopic (exact) mass is 1420 g/mol. The summed E-state index contributed by atoms with van der Waals surface area (Å²) in [6.07, 6.45) is 2.08. The van der Waals surface area contributed by atoms with E-state index in [1.807, 2.05) is 90.1 Å². The van der Waals surface area contributed by atoms with Crippen LogP contribution < -0.4 is 36.5 Å². The largest absolute Gasteiger partial charge is 0.495 e. The molecule has 12 atom stereocenters. The molecule has 4 aliphatic rings. The average molecular weight is 1420 g/mol. The highest BCUT2D eigenvalue weighted by Gasteiger charge is 2.50. The van der Waals surface area contributed by atoms with Crippen molar-refractivity contribution in [3.05, 3.63) is 163 Å². The molecule has 100 heavy (non-hydrogen) atoms. The molecule has 24 nitrogen and oxygen atoms in total. The topological polar surface area (TPSA) is 340 Å². The molecule has 4 aliphatic heterocycles. The molecular weight excluding hydrogens is 1330 g/mol. The minimum absolute atomic E-state index is 0.00610. The highest BCUT2D eigenvalue weighted by atomic mass is 35.5. The third-order valence-electron chi connectivity index (χ3n) is 17.7. The van der Waals surface area contributed by atoms with Gasteiger partial charge in [0, 0.05) is 62.1 Å². The second kappa shape index (κ2) is 36.2. The summed E-state index contributed by atoms with van der Waals surface area (Å²) in [5.74, 6) is -4.41. The zero-order valence-electron chi connectivity index (χ0n) is 58.8. The lowest BCUT2D eigenvalue weighted by molar-refractivity contribution is -0.179. The van der Waals surface area contributed by atoms with E-state index in [0.717, 1.165) is 22.3 Å². The van der Waals surface area contributed by atoms with Gasteiger partial charge in [-0.2, -0.15) is 0 Å². The standard InChI is InChI=1S/C37H46ClN5O8.C37H48ClN3O8/c1-21(2)16-30-35(46)49-28(22(3)32-33(51-32)25-13-10-23(11-14-25)19-41-43-39)8-7-9-31(44)42-27(18-24-12-15-29(48-6)26(38)17-24)34(45)40-20-37(4,5)36(47)50-30;1-21(2)16-30-35(44)47-28(22(3)32-33(49-32)25-13-10-23(19-39)11-14-25)8-7-9-31(42)41-27(18-24-12-15-29(46-6)26(38)17-24)34(43)40-20-37(4,5)36(45)48-30/h7,9-15,17,21-22,27-28,30,32-33H,8,16,18-20H2,1-6H3,(H,40,45)(H,42,44);7,9-15,17,21-22,27-28,30,32-33H,8,16,18-20,39H2,1-6H3,(H,40,43)(H,41,42)/b2*9-7+/t2*22-,27+,28-,30-,32+,33+/m00/s1. The van der Waals surface area contributed by atoms with Crippen LogP contribution >= 0.6 is 23.2 Å². The number of amides is 4. The Balaban J connectivity index is 0.000000281. The Bertz CT molecular complexity index is 3650. The van der Waals surface area contributed by atoms with Crippen LogP contribution in [0.1, 0.15) is 141 Å². The number of cyclic esters (lactones) is 4. The van der Waals surface area contributed by atoms with Crippen LogP contribution in [-0.2, 0) is 92.7 Å². The summed E-state index contributed by atoms with van der Waals surface area (Å²) < 4.78 is 46.3. The molecule has 0 radical (unpaired) electrons. The summed E-state index contributed by atoms with van der Waals surface area (Å²) in [7, 11) is 3.00. The first-order valence-corrected chi connectivity index (χ1v) is 34.4. The van der Waals surface area contributed by atoms with E-state index in [1.165, 1.54) is 26.4 Å². The molecule has 2 fully saturated rings. The van der Waals surface area contributed by atoms with Crippen LogP contribution in [0.2, 0.25) is 10.0 Å². The fraction of sp³-hybridized carbons (Fsp3) is 0.514. The summed E-state index contributed by atoms with van der Waals surface area (Å²) in [5, 5.41) is 15.4. The van der Waals surface area contributed by atoms with E-state index >= 15 is 0 Å². The van der Waals surface area contributed by atoms with Crippen molar-refractivity contribution in [2.45, 2.75) is 182 Å². The fourth-order valence-corrected chi connectivity index (χ4v) is 12.0. The summed E-state index contributed by atoms with van der Waals surface area (Å²) in [6, 6.07) is 23.6. The maximum absolute atomic E-state index is 13.7. The van der Waals surface area contributed by atoms with E-state index in [9.17, 15) is 38.4 Å². The minimum Gasteiger partial charge on any atom is -0.495 e. The molecular formula is C74H94Cl2N8O16. The Morgan fingerprint density at radius 1 is 0.570 bits per heavy atom. The van der Waals surface area contributed by atoms with E-state index in [1.54, 1.807) is 76.2 Å². The van der Waals surface area contributed by atoms with Crippen molar-refractivity contribution in [2.75, 3.05) is 27.3 Å². The van der Waals surface area contributed by atoms with Crippen LogP contribution in [0.25, 0.3) is 10.4 Å². The summed E-state index contributed by atoms with van der Waals surface area (Å²) >= 11 is 12.6. The molecule has 0 aromatic heterocycles. The van der Waals surface area contributed by atoms with Crippen molar-refractivity contribution in [2.24, 2.45) is 45.3 Å². The van der Waals surface area contributed by atoms with Gasteiger partial charge in [0.1, 0.15) is 48.0 Å². The lowest BCUT2D eigenvalue weighted by Crippen LogP contribution is -2.51. The Morgan fingerprint density at radius 2 is 0.950 bits per heavy atom. The quantitative estimate of drug-likeness (QED) is 0.0145. The van der Waals surface area contributed by atoms with Crippen LogP contribution in [0, 0.1) is 34.5 Å². The predicted molar refractivity (Wildman–Crippen MR) is 374 cm³/mol. The molecule has 26 heteroatoms. The number of esters is 4. The van der Waals surface area contributed by atoms with Crippen molar-refractivity contribution in [1.82, 2.24) is 21.3 Å². The van der Waals surface area contributed by atoms with Gasteiger partial charge in [0.05, 0.1) is 53.8 Å². The number of halogens is 2. The molecule has 4 heterocycles. The maximum atomic E-state index is 13.7. The second-order valence-electron chi connectivity index (χ2n) is 27.8. The molecule has 540 valence electrons. The van der Waals surface area contributed by atoms with Gasteiger partial charge in [-0.25, -0.2) is 9.59 Å². The van der Waals surface area contributed by atoms with E-state index in [2.05, 4.69) is 31.3 Å². The van der Waals surface area contributed by atoms with Crippen molar-refractivity contribution < 1.29 is 76.3 Å². The minimum atomic E-state index is -1.22. The molecule has 4 aromatic carbocycles. The Hall–Kier alpha value is -8.51. The van der Waals surface area contributed by atoms with Gasteiger partial charge in [-0.1, -0.05) is 143 Å². The average Bonchev–Trinajstić information content (AvgIpc) is 1.62. The zero-order valence-corrected chi connectivity index (χ0v) is 60.3. The van der Waals surface area contributed by atoms with Crippen molar-refractivity contribution >= 4 is 70.7 Å². The lowest BCUT2D eigenvalue weighted by atomic mass is 9.92. The Morgan fingerprint density at radius 3 is 1.30 bits per heavy atom. The van der Waals surface area contributed by atoms with Crippen LogP contribution in [0.5, 0.6) is 11.5 Å². The number of carbonyl (C=O) groups excluding carboxylic acids is 8. The number of carbonyl (C=O) groups is 8. The van der Waals surface area contributed by atoms with Gasteiger partial charge in [0.25, 0.3) is 0 Å². The normalized spacial score (nSPS) is 25.8. The number of hydrogen-bond donors (Lipinski definition) is 5. The van der Waals surface area contributed by atoms with Crippen LogP contribution in [0.3, 0.4) is 0 Å². The third-order valence-corrected chi connectivity index (χ3v) is 18.3. The van der Waals surface area contributed by atoms with Crippen molar-refractivity contribution in [3.8, 4) is 11.5 Å². The smallest absolute Gasteiger partial charge is 0.347 e. The summed E-state index contributed by atoms with van der Waals surface area (Å²) in [4.78, 5) is 110. The first kappa shape index (κ1) is 78.8. The number of methoxy groups -OCH3 is 2. The number of rotatable bonds is 19. The molecule has 0 aliphatic carbocycles. The number of nitrogens with zero attached hydrogens (tertiary/aromatic N) is 3. The molecule has 0 saturated carbocycles. The number of azide groups is 1. The van der Waals surface area contributed by atoms with E-state index in [-0.39, 0.29) is 106 Å². The van der Waals surface area contributed by atoms with Crippen LogP contribution in [0.4, 0.5) is 0 Å². The second-order valence-corrected chi connectivity index (χ2v) is 28.6. The number of hydrogen-bond acceptors (Lipinski definition) is 18. The van der Waals surface area contributed by atoms with Gasteiger partial charge in [0.2, 0.25) is 23.6 Å². The molecule has 4 amide bonds. The first-order chi connectivity index (χ1) is 47.4. The molecule has 8 rings (SSSR count). The van der Waals surface area contributed by atoms with Crippen molar-refractivity contribution in [1.29, 1.82) is 0 Å². The SMILES string of the molecule is COc1ccc(C[C@H]2NC(=O)/C=C/C[C@@H]([C@H](C)[C@H]3O[C@@H]3c3ccc(CN)cc3)OC(=O)[C@H](CC(C)C)OC(=O)C(C)(C)CNC2=O)cc1Cl.COc1ccc(C[C@H]2NC(=O)/C=C/C[C@@H]([C@H](C)[C@H]3O[C@@H]3c3ccc(CN=[N+]=[N-])cc3)OC(=O)[C@H](CC(C)C)OC(=O)C(C)(C)CNC2=O)cc1Cl. The number of ether oxygens (including phenoxy) is 8. The van der Waals surface area contributed by atoms with Crippen molar-refractivity contribution in [3.63, 3.8) is 0 Å². The first-order valence-electron chi connectivity index (χ1n) is 33.6. The number of epoxide rings is 2. The molecule has 2 saturated heterocycles. The van der Waals surface area contributed by atoms with Gasteiger partial charge in [-0.3, -0.25) is 28.8 Å². The third kappa shape index (κ3) is 22.8.